The van der Waals surface area contributed by atoms with Gasteiger partial charge in [-0.1, -0.05) is 44.2 Å². The Morgan fingerprint density at radius 1 is 1.25 bits per heavy atom. The lowest BCUT2D eigenvalue weighted by molar-refractivity contribution is -0.136. The minimum atomic E-state index is 0.203. The molecule has 0 radical (unpaired) electrons. The van der Waals surface area contributed by atoms with Crippen LogP contribution in [0.2, 0.25) is 0 Å². The summed E-state index contributed by atoms with van der Waals surface area (Å²) >= 11 is 0. The van der Waals surface area contributed by atoms with Crippen molar-refractivity contribution in [3.63, 3.8) is 0 Å². The predicted molar refractivity (Wildman–Crippen MR) is 82.5 cm³/mol. The highest BCUT2D eigenvalue weighted by Gasteiger charge is 2.29. The third-order valence-electron chi connectivity index (χ3n) is 4.02. The van der Waals surface area contributed by atoms with Gasteiger partial charge in [-0.25, -0.2) is 0 Å². The van der Waals surface area contributed by atoms with E-state index in [1.807, 2.05) is 6.07 Å². The third-order valence-corrected chi connectivity index (χ3v) is 4.02. The van der Waals surface area contributed by atoms with E-state index in [2.05, 4.69) is 55.0 Å². The molecule has 0 bridgehead atoms. The monoisotopic (exact) mass is 274 g/mol. The van der Waals surface area contributed by atoms with E-state index in [0.717, 1.165) is 26.1 Å². The van der Waals surface area contributed by atoms with Gasteiger partial charge >= 0.3 is 0 Å². The average Bonchev–Trinajstić information content (AvgIpc) is 2.45. The van der Waals surface area contributed by atoms with Crippen LogP contribution < -0.4 is 0 Å². The van der Waals surface area contributed by atoms with Crippen LogP contribution in [-0.2, 0) is 4.79 Å². The Labute approximate surface area is 122 Å². The van der Waals surface area contributed by atoms with Gasteiger partial charge in [-0.05, 0) is 24.9 Å². The lowest BCUT2D eigenvalue weighted by Crippen LogP contribution is -2.49. The molecular formula is C17H26N2O. The molecule has 1 aliphatic heterocycles. The summed E-state index contributed by atoms with van der Waals surface area (Å²) in [5.74, 6) is 0.891. The number of carbonyl (C=O) groups is 1. The average molecular weight is 274 g/mol. The molecule has 0 aliphatic carbocycles. The van der Waals surface area contributed by atoms with Gasteiger partial charge in [-0.3, -0.25) is 4.79 Å². The maximum atomic E-state index is 12.5. The van der Waals surface area contributed by atoms with Crippen LogP contribution in [0.15, 0.2) is 30.3 Å². The van der Waals surface area contributed by atoms with Crippen molar-refractivity contribution in [2.24, 2.45) is 5.92 Å². The minimum absolute atomic E-state index is 0.203. The van der Waals surface area contributed by atoms with Gasteiger partial charge in [0.05, 0.1) is 6.04 Å². The summed E-state index contributed by atoms with van der Waals surface area (Å²) in [6, 6.07) is 10.6. The van der Waals surface area contributed by atoms with E-state index in [1.54, 1.807) is 0 Å². The van der Waals surface area contributed by atoms with Crippen molar-refractivity contribution in [3.8, 4) is 0 Å². The number of likely N-dealkylation sites (N-methyl/N-ethyl adjacent to an activating group) is 1. The van der Waals surface area contributed by atoms with E-state index < -0.39 is 0 Å². The number of piperazine rings is 1. The molecule has 1 saturated heterocycles. The van der Waals surface area contributed by atoms with Gasteiger partial charge in [0, 0.05) is 26.1 Å². The van der Waals surface area contributed by atoms with E-state index in [4.69, 9.17) is 0 Å². The van der Waals surface area contributed by atoms with Crippen molar-refractivity contribution < 1.29 is 4.79 Å². The fourth-order valence-electron chi connectivity index (χ4n) is 2.73. The lowest BCUT2D eigenvalue weighted by Gasteiger charge is -2.40. The highest BCUT2D eigenvalue weighted by atomic mass is 16.2. The minimum Gasteiger partial charge on any atom is -0.333 e. The molecule has 1 aliphatic rings. The van der Waals surface area contributed by atoms with Crippen LogP contribution in [-0.4, -0.2) is 42.4 Å². The Bertz CT molecular complexity index is 430. The highest BCUT2D eigenvalue weighted by molar-refractivity contribution is 5.77. The molecule has 3 nitrogen and oxygen atoms in total. The summed E-state index contributed by atoms with van der Waals surface area (Å²) in [6.07, 6.45) is 1.65. The van der Waals surface area contributed by atoms with Crippen LogP contribution in [0.5, 0.6) is 0 Å². The third kappa shape index (κ3) is 3.83. The van der Waals surface area contributed by atoms with Crippen molar-refractivity contribution in [2.75, 3.05) is 26.7 Å². The van der Waals surface area contributed by atoms with Crippen molar-refractivity contribution in [2.45, 2.75) is 32.7 Å². The molecule has 20 heavy (non-hydrogen) atoms. The second-order valence-electron chi connectivity index (χ2n) is 6.21. The number of amides is 1. The second kappa shape index (κ2) is 6.89. The molecule has 1 fully saturated rings. The number of hydrogen-bond donors (Lipinski definition) is 0. The summed E-state index contributed by atoms with van der Waals surface area (Å²) in [4.78, 5) is 16.9. The van der Waals surface area contributed by atoms with Crippen molar-refractivity contribution in [1.82, 2.24) is 9.80 Å². The summed E-state index contributed by atoms with van der Waals surface area (Å²) in [7, 11) is 2.13. The fraction of sp³-hybridized carbons (Fsp3) is 0.588. The van der Waals surface area contributed by atoms with E-state index >= 15 is 0 Å². The molecule has 0 aromatic heterocycles. The van der Waals surface area contributed by atoms with E-state index in [1.165, 1.54) is 5.56 Å². The van der Waals surface area contributed by atoms with Crippen molar-refractivity contribution in [1.29, 1.82) is 0 Å². The maximum Gasteiger partial charge on any atom is 0.223 e. The molecule has 1 unspecified atom stereocenters. The summed E-state index contributed by atoms with van der Waals surface area (Å²) in [5.41, 5.74) is 1.25. The molecular weight excluding hydrogens is 248 g/mol. The SMILES string of the molecule is CC(C)CCC(=O)N1CCN(C)CC1c1ccccc1. The van der Waals surface area contributed by atoms with Gasteiger partial charge in [0.15, 0.2) is 0 Å². The van der Waals surface area contributed by atoms with Gasteiger partial charge < -0.3 is 9.80 Å². The van der Waals surface area contributed by atoms with Crippen LogP contribution in [0.1, 0.15) is 38.3 Å². The highest BCUT2D eigenvalue weighted by Crippen LogP contribution is 2.26. The van der Waals surface area contributed by atoms with Crippen molar-refractivity contribution >= 4 is 5.91 Å². The molecule has 1 amide bonds. The molecule has 110 valence electrons. The van der Waals surface area contributed by atoms with Gasteiger partial charge in [-0.15, -0.1) is 0 Å². The molecule has 1 heterocycles. The molecule has 1 aromatic rings. The Morgan fingerprint density at radius 2 is 1.95 bits per heavy atom. The van der Waals surface area contributed by atoms with Crippen LogP contribution in [0.4, 0.5) is 0 Å². The van der Waals surface area contributed by atoms with Gasteiger partial charge in [0.25, 0.3) is 0 Å². The molecule has 2 rings (SSSR count). The summed E-state index contributed by atoms with van der Waals surface area (Å²) in [5, 5.41) is 0. The second-order valence-corrected chi connectivity index (χ2v) is 6.21. The standard InChI is InChI=1S/C17H26N2O/c1-14(2)9-10-17(20)19-12-11-18(3)13-16(19)15-7-5-4-6-8-15/h4-8,14,16H,9-13H2,1-3H3. The lowest BCUT2D eigenvalue weighted by atomic mass is 10.0. The fourth-order valence-corrected chi connectivity index (χ4v) is 2.73. The predicted octanol–water partition coefficient (Wildman–Crippen LogP) is 2.94. The maximum absolute atomic E-state index is 12.5. The summed E-state index contributed by atoms with van der Waals surface area (Å²) < 4.78 is 0. The Hall–Kier alpha value is -1.35. The molecule has 1 atom stereocenters. The molecule has 0 saturated carbocycles. The smallest absolute Gasteiger partial charge is 0.223 e. The Kier molecular flexibility index (Phi) is 5.18. The number of benzene rings is 1. The van der Waals surface area contributed by atoms with Gasteiger partial charge in [-0.2, -0.15) is 0 Å². The summed E-state index contributed by atoms with van der Waals surface area (Å²) in [6.45, 7) is 7.08. The first kappa shape index (κ1) is 15.0. The largest absolute Gasteiger partial charge is 0.333 e. The van der Waals surface area contributed by atoms with E-state index in [9.17, 15) is 4.79 Å². The number of hydrogen-bond acceptors (Lipinski definition) is 2. The van der Waals surface area contributed by atoms with E-state index in [0.29, 0.717) is 18.2 Å². The van der Waals surface area contributed by atoms with Gasteiger partial charge in [0.1, 0.15) is 0 Å². The topological polar surface area (TPSA) is 23.6 Å². The normalized spacial score (nSPS) is 20.4. The van der Waals surface area contributed by atoms with Crippen molar-refractivity contribution in [3.05, 3.63) is 35.9 Å². The van der Waals surface area contributed by atoms with Gasteiger partial charge in [0.2, 0.25) is 5.91 Å². The Morgan fingerprint density at radius 3 is 2.60 bits per heavy atom. The van der Waals surface area contributed by atoms with E-state index in [-0.39, 0.29) is 6.04 Å². The molecule has 3 heteroatoms. The Balaban J connectivity index is 2.10. The van der Waals surface area contributed by atoms with Crippen LogP contribution in [0.3, 0.4) is 0 Å². The molecule has 0 N–H and O–H groups in total. The first-order valence-corrected chi connectivity index (χ1v) is 7.61. The zero-order valence-electron chi connectivity index (χ0n) is 12.9. The first-order chi connectivity index (χ1) is 9.58. The zero-order valence-corrected chi connectivity index (χ0v) is 12.9. The number of nitrogens with zero attached hydrogens (tertiary/aromatic N) is 2. The van der Waals surface area contributed by atoms with Crippen LogP contribution in [0, 0.1) is 5.92 Å². The zero-order chi connectivity index (χ0) is 14.5. The van der Waals surface area contributed by atoms with Crippen LogP contribution in [0.25, 0.3) is 0 Å². The molecule has 0 spiro atoms. The number of carbonyl (C=O) groups excluding carboxylic acids is 1. The number of rotatable bonds is 4. The molecule has 1 aromatic carbocycles. The quantitative estimate of drug-likeness (QED) is 0.843. The van der Waals surface area contributed by atoms with Crippen LogP contribution >= 0.6 is 0 Å². The first-order valence-electron chi connectivity index (χ1n) is 7.61.